The minimum Gasteiger partial charge on any atom is -0.478 e. The molecule has 160 valence electrons. The molecule has 0 bridgehead atoms. The third-order valence-corrected chi connectivity index (χ3v) is 4.63. The van der Waals surface area contributed by atoms with Crippen LogP contribution in [0.3, 0.4) is 0 Å². The van der Waals surface area contributed by atoms with Gasteiger partial charge < -0.3 is 9.84 Å². The van der Waals surface area contributed by atoms with Crippen LogP contribution in [0.25, 0.3) is 0 Å². The largest absolute Gasteiger partial charge is 0.478 e. The molecule has 0 saturated heterocycles. The average molecular weight is 417 g/mol. The molecule has 31 heavy (non-hydrogen) atoms. The Morgan fingerprint density at radius 2 is 1.13 bits per heavy atom. The fourth-order valence-electron chi connectivity index (χ4n) is 3.12. The topological polar surface area (TPSA) is 63.6 Å². The number of benzene rings is 3. The summed E-state index contributed by atoms with van der Waals surface area (Å²) in [5, 5.41) is 7.89. The molecule has 0 aliphatic rings. The van der Waals surface area contributed by atoms with E-state index in [2.05, 4.69) is 6.58 Å². The van der Waals surface area contributed by atoms with Gasteiger partial charge in [0.15, 0.2) is 5.60 Å². The minimum atomic E-state index is -0.948. The first-order valence-electron chi connectivity index (χ1n) is 10.2. The van der Waals surface area contributed by atoms with Crippen molar-refractivity contribution in [2.75, 3.05) is 0 Å². The Morgan fingerprint density at radius 1 is 0.806 bits per heavy atom. The summed E-state index contributed by atoms with van der Waals surface area (Å²) in [6.07, 6.45) is 1.15. The summed E-state index contributed by atoms with van der Waals surface area (Å²) in [6.45, 7) is 6.58. The first-order chi connectivity index (χ1) is 14.9. The first-order valence-corrected chi connectivity index (χ1v) is 10.2. The van der Waals surface area contributed by atoms with Gasteiger partial charge in [0.2, 0.25) is 0 Å². The van der Waals surface area contributed by atoms with Crippen molar-refractivity contribution >= 4 is 11.9 Å². The molecule has 0 heterocycles. The summed E-state index contributed by atoms with van der Waals surface area (Å²) in [4.78, 5) is 22.2. The molecule has 0 atom stereocenters. The summed E-state index contributed by atoms with van der Waals surface area (Å²) in [5.41, 5.74) is 2.05. The van der Waals surface area contributed by atoms with Crippen LogP contribution in [-0.2, 0) is 19.9 Å². The Hall–Kier alpha value is -3.66. The maximum Gasteiger partial charge on any atom is 0.330 e. The second-order valence-corrected chi connectivity index (χ2v) is 7.09. The van der Waals surface area contributed by atoms with Gasteiger partial charge in [0, 0.05) is 28.7 Å². The van der Waals surface area contributed by atoms with Crippen molar-refractivity contribution < 1.29 is 19.4 Å². The van der Waals surface area contributed by atoms with Gasteiger partial charge in [-0.2, -0.15) is 0 Å². The zero-order valence-electron chi connectivity index (χ0n) is 18.0. The average Bonchev–Trinajstić information content (AvgIpc) is 2.80. The van der Waals surface area contributed by atoms with Gasteiger partial charge in [0.1, 0.15) is 0 Å². The smallest absolute Gasteiger partial charge is 0.330 e. The van der Waals surface area contributed by atoms with Gasteiger partial charge in [-0.1, -0.05) is 104 Å². The Labute approximate surface area is 183 Å². The van der Waals surface area contributed by atoms with Crippen molar-refractivity contribution in [3.05, 3.63) is 120 Å². The molecule has 0 aliphatic heterocycles. The third-order valence-electron chi connectivity index (χ3n) is 4.63. The quantitative estimate of drug-likeness (QED) is 0.293. The van der Waals surface area contributed by atoms with Crippen molar-refractivity contribution in [1.82, 2.24) is 0 Å². The van der Waals surface area contributed by atoms with Crippen LogP contribution in [0.2, 0.25) is 0 Å². The molecule has 3 aromatic rings. The summed E-state index contributed by atoms with van der Waals surface area (Å²) in [7, 11) is 0. The van der Waals surface area contributed by atoms with Gasteiger partial charge in [-0.05, 0) is 13.3 Å². The van der Waals surface area contributed by atoms with E-state index in [-0.39, 0.29) is 11.5 Å². The number of hydrogen-bond acceptors (Lipinski definition) is 3. The molecule has 3 aromatic carbocycles. The van der Waals surface area contributed by atoms with Gasteiger partial charge >= 0.3 is 11.9 Å². The number of carboxylic acids is 1. The first kappa shape index (κ1) is 23.6. The number of rotatable bonds is 7. The zero-order valence-corrected chi connectivity index (χ0v) is 18.0. The molecule has 4 heteroatoms. The maximum atomic E-state index is 12.6. The molecular formula is C27H28O4. The Balaban J connectivity index is 0.000000501. The minimum absolute atomic E-state index is 0.176. The van der Waals surface area contributed by atoms with E-state index in [1.54, 1.807) is 0 Å². The van der Waals surface area contributed by atoms with Crippen LogP contribution in [0.4, 0.5) is 0 Å². The van der Waals surface area contributed by atoms with Gasteiger partial charge in [-0.15, -0.1) is 0 Å². The van der Waals surface area contributed by atoms with Crippen molar-refractivity contribution in [3.8, 4) is 0 Å². The second kappa shape index (κ2) is 11.5. The normalized spacial score (nSPS) is 10.4. The Morgan fingerprint density at radius 3 is 1.39 bits per heavy atom. The zero-order chi connectivity index (χ0) is 22.7. The molecule has 0 amide bonds. The van der Waals surface area contributed by atoms with E-state index in [4.69, 9.17) is 9.84 Å². The molecular weight excluding hydrogens is 388 g/mol. The molecule has 0 fully saturated rings. The summed E-state index contributed by atoms with van der Waals surface area (Å²) >= 11 is 0. The lowest BCUT2D eigenvalue weighted by atomic mass is 9.80. The van der Waals surface area contributed by atoms with Crippen molar-refractivity contribution in [1.29, 1.82) is 0 Å². The molecule has 4 nitrogen and oxygen atoms in total. The molecule has 0 radical (unpaired) electrons. The van der Waals surface area contributed by atoms with E-state index in [9.17, 15) is 9.59 Å². The van der Waals surface area contributed by atoms with Crippen LogP contribution in [0.5, 0.6) is 0 Å². The number of carboxylic acid groups (broad SMARTS) is 1. The van der Waals surface area contributed by atoms with Gasteiger partial charge in [-0.25, -0.2) is 4.79 Å². The van der Waals surface area contributed by atoms with Crippen molar-refractivity contribution in [2.45, 2.75) is 32.3 Å². The van der Waals surface area contributed by atoms with E-state index < -0.39 is 11.6 Å². The molecule has 1 N–H and O–H groups in total. The predicted molar refractivity (Wildman–Crippen MR) is 123 cm³/mol. The van der Waals surface area contributed by atoms with Crippen LogP contribution in [-0.4, -0.2) is 17.0 Å². The van der Waals surface area contributed by atoms with Gasteiger partial charge in [-0.3, -0.25) is 4.79 Å². The number of carbonyl (C=O) groups excluding carboxylic acids is 1. The lowest BCUT2D eigenvalue weighted by molar-refractivity contribution is -0.153. The molecule has 0 unspecified atom stereocenters. The lowest BCUT2D eigenvalue weighted by Gasteiger charge is -2.35. The number of aliphatic carboxylic acids is 1. The van der Waals surface area contributed by atoms with E-state index in [1.807, 2.05) is 97.9 Å². The van der Waals surface area contributed by atoms with Crippen LogP contribution in [0, 0.1) is 0 Å². The second-order valence-electron chi connectivity index (χ2n) is 7.09. The highest BCUT2D eigenvalue weighted by atomic mass is 16.6. The number of hydrogen-bond donors (Lipinski definition) is 1. The third kappa shape index (κ3) is 6.16. The van der Waals surface area contributed by atoms with E-state index >= 15 is 0 Å². The van der Waals surface area contributed by atoms with Gasteiger partial charge in [0.25, 0.3) is 0 Å². The van der Waals surface area contributed by atoms with Crippen LogP contribution >= 0.6 is 0 Å². The number of esters is 1. The molecule has 0 aromatic heterocycles. The van der Waals surface area contributed by atoms with Crippen molar-refractivity contribution in [3.63, 3.8) is 0 Å². The highest BCUT2D eigenvalue weighted by molar-refractivity contribution is 5.84. The highest BCUT2D eigenvalue weighted by Crippen LogP contribution is 2.40. The maximum absolute atomic E-state index is 12.6. The van der Waals surface area contributed by atoms with Crippen LogP contribution in [0.1, 0.15) is 43.4 Å². The lowest BCUT2D eigenvalue weighted by Crippen LogP contribution is -2.35. The van der Waals surface area contributed by atoms with E-state index in [0.29, 0.717) is 6.42 Å². The summed E-state index contributed by atoms with van der Waals surface area (Å²) in [5.74, 6) is -1.13. The summed E-state index contributed by atoms with van der Waals surface area (Å²) < 4.78 is 6.20. The monoisotopic (exact) mass is 416 g/mol. The highest BCUT2D eigenvalue weighted by Gasteiger charge is 2.40. The Bertz CT molecular complexity index is 871. The molecule has 3 rings (SSSR count). The molecule has 0 spiro atoms. The predicted octanol–water partition coefficient (Wildman–Crippen LogP) is 5.97. The van der Waals surface area contributed by atoms with Crippen LogP contribution < -0.4 is 0 Å². The fourth-order valence-corrected chi connectivity index (χ4v) is 3.12. The van der Waals surface area contributed by atoms with Gasteiger partial charge in [0.05, 0.1) is 0 Å². The molecule has 0 aliphatic carbocycles. The fraction of sp³-hybridized carbons (Fsp3) is 0.185. The van der Waals surface area contributed by atoms with Crippen molar-refractivity contribution in [2.24, 2.45) is 0 Å². The number of ether oxygens (including phenoxy) is 1. The Kier molecular flexibility index (Phi) is 8.77. The molecule has 0 saturated carbocycles. The van der Waals surface area contributed by atoms with E-state index in [0.717, 1.165) is 23.1 Å². The van der Waals surface area contributed by atoms with E-state index in [1.165, 1.54) is 6.92 Å². The number of carbonyl (C=O) groups is 2. The van der Waals surface area contributed by atoms with Crippen LogP contribution in [0.15, 0.2) is 103 Å². The summed E-state index contributed by atoms with van der Waals surface area (Å²) in [6, 6.07) is 29.8. The standard InChI is InChI=1S/C23H22O2.C4H6O2/c1-2-12-22(24)25-23(19-13-6-3-7-14-19,20-15-8-4-9-16-20)21-17-10-5-11-18-21;1-3(2)4(5)6/h3-11,13-18H,2,12H2,1H3;1H2,2H3,(H,5,6). The SMILES string of the molecule is C=C(C)C(=O)O.CCCC(=O)OC(c1ccccc1)(c1ccccc1)c1ccccc1.